The monoisotopic (exact) mass is 325 g/mol. The van der Waals surface area contributed by atoms with Crippen LogP contribution in [0.5, 0.6) is 0 Å². The van der Waals surface area contributed by atoms with E-state index in [1.54, 1.807) is 6.92 Å². The summed E-state index contributed by atoms with van der Waals surface area (Å²) in [5.74, 6) is -0.623. The molecule has 0 unspecified atom stereocenters. The molecule has 1 aromatic carbocycles. The zero-order chi connectivity index (χ0) is 16.3. The number of para-hydroxylation sites is 1. The summed E-state index contributed by atoms with van der Waals surface area (Å²) in [4.78, 5) is 11.7. The van der Waals surface area contributed by atoms with Gasteiger partial charge in [-0.1, -0.05) is 11.2 Å². The Hall–Kier alpha value is -2.55. The molecule has 1 aromatic heterocycles. The van der Waals surface area contributed by atoms with E-state index in [0.29, 0.717) is 0 Å². The molecule has 22 heavy (non-hydrogen) atoms. The number of sulfonamides is 1. The van der Waals surface area contributed by atoms with Crippen molar-refractivity contribution >= 4 is 27.4 Å². The molecule has 0 amide bonds. The van der Waals surface area contributed by atoms with Crippen LogP contribution in [-0.2, 0) is 14.8 Å². The first-order chi connectivity index (χ1) is 10.4. The molecule has 0 bridgehead atoms. The van der Waals surface area contributed by atoms with E-state index in [2.05, 4.69) is 14.4 Å². The third kappa shape index (κ3) is 3.03. The highest BCUT2D eigenvalue weighted by atomic mass is 32.2. The van der Waals surface area contributed by atoms with Gasteiger partial charge in [-0.2, -0.15) is 0 Å². The van der Waals surface area contributed by atoms with Gasteiger partial charge in [0.2, 0.25) is 0 Å². The fourth-order valence-corrected chi connectivity index (χ4v) is 2.96. The predicted octanol–water partition coefficient (Wildman–Crippen LogP) is 1.54. The van der Waals surface area contributed by atoms with Gasteiger partial charge in [0.1, 0.15) is 16.9 Å². The Morgan fingerprint density at radius 3 is 2.77 bits per heavy atom. The maximum Gasteiger partial charge on any atom is 0.340 e. The minimum atomic E-state index is -3.92. The molecule has 0 aliphatic carbocycles. The molecule has 2 aromatic rings. The molecule has 9 heteroatoms. The van der Waals surface area contributed by atoms with E-state index in [-0.39, 0.29) is 34.1 Å². The molecule has 2 rings (SSSR count). The molecule has 0 aliphatic rings. The third-order valence-corrected chi connectivity index (χ3v) is 4.30. The average Bonchev–Trinajstić information content (AvgIpc) is 2.88. The Labute approximate surface area is 127 Å². The molecule has 0 saturated heterocycles. The molecule has 3 N–H and O–H groups in total. The number of rotatable bonds is 5. The summed E-state index contributed by atoms with van der Waals surface area (Å²) in [6.45, 7) is 3.35. The Morgan fingerprint density at radius 1 is 1.45 bits per heavy atom. The van der Waals surface area contributed by atoms with Crippen molar-refractivity contribution in [2.24, 2.45) is 0 Å². The number of carbonyl (C=O) groups is 1. The van der Waals surface area contributed by atoms with Crippen LogP contribution in [0.15, 0.2) is 33.9 Å². The van der Waals surface area contributed by atoms with Gasteiger partial charge in [-0.05, 0) is 26.0 Å². The number of nitrogens with one attached hydrogen (secondary N) is 1. The van der Waals surface area contributed by atoms with Crippen molar-refractivity contribution in [3.63, 3.8) is 0 Å². The smallest absolute Gasteiger partial charge is 0.340 e. The lowest BCUT2D eigenvalue weighted by Gasteiger charge is -2.12. The van der Waals surface area contributed by atoms with Crippen LogP contribution in [0, 0.1) is 6.92 Å². The Kier molecular flexibility index (Phi) is 4.36. The molecule has 0 spiro atoms. The normalized spacial score (nSPS) is 11.2. The fraction of sp³-hybridized carbons (Fsp3) is 0.231. The fourth-order valence-electron chi connectivity index (χ4n) is 1.78. The summed E-state index contributed by atoms with van der Waals surface area (Å²) in [6.07, 6.45) is 1.02. The zero-order valence-corrected chi connectivity index (χ0v) is 12.8. The van der Waals surface area contributed by atoms with E-state index in [0.717, 1.165) is 6.26 Å². The summed E-state index contributed by atoms with van der Waals surface area (Å²) in [5, 5.41) is 3.52. The van der Waals surface area contributed by atoms with Gasteiger partial charge in [0.25, 0.3) is 10.0 Å². The second-order valence-electron chi connectivity index (χ2n) is 4.36. The van der Waals surface area contributed by atoms with Gasteiger partial charge < -0.3 is 15.0 Å². The lowest BCUT2D eigenvalue weighted by atomic mass is 10.1. The molecular formula is C13H15N3O5S. The number of aromatic nitrogens is 1. The van der Waals surface area contributed by atoms with Gasteiger partial charge in [0, 0.05) is 0 Å². The van der Waals surface area contributed by atoms with Crippen molar-refractivity contribution in [1.29, 1.82) is 0 Å². The van der Waals surface area contributed by atoms with Crippen molar-refractivity contribution in [2.75, 3.05) is 17.1 Å². The number of nitrogens with two attached hydrogens (primary N) is 1. The average molecular weight is 325 g/mol. The highest BCUT2D eigenvalue weighted by Crippen LogP contribution is 2.26. The van der Waals surface area contributed by atoms with Crippen LogP contribution in [0.3, 0.4) is 0 Å². The van der Waals surface area contributed by atoms with E-state index in [4.69, 9.17) is 10.5 Å². The Balaban J connectivity index is 2.37. The number of hydrogen-bond donors (Lipinski definition) is 2. The first-order valence-corrected chi connectivity index (χ1v) is 7.84. The minimum Gasteiger partial charge on any atom is -0.462 e. The third-order valence-electron chi connectivity index (χ3n) is 2.84. The van der Waals surface area contributed by atoms with Gasteiger partial charge in [0.15, 0.2) is 0 Å². The second kappa shape index (κ2) is 6.06. The number of benzene rings is 1. The summed E-state index contributed by atoms with van der Waals surface area (Å²) in [7, 11) is -3.92. The molecule has 0 fully saturated rings. The molecule has 8 nitrogen and oxygen atoms in total. The number of nitrogens with zero attached hydrogens (tertiary/aromatic N) is 1. The van der Waals surface area contributed by atoms with E-state index < -0.39 is 16.0 Å². The van der Waals surface area contributed by atoms with Crippen molar-refractivity contribution in [2.45, 2.75) is 18.7 Å². The van der Waals surface area contributed by atoms with Crippen LogP contribution in [0.4, 0.5) is 11.4 Å². The number of hydrogen-bond acceptors (Lipinski definition) is 7. The molecular weight excluding hydrogens is 310 g/mol. The van der Waals surface area contributed by atoms with E-state index in [9.17, 15) is 13.2 Å². The van der Waals surface area contributed by atoms with Crippen LogP contribution in [0.25, 0.3) is 0 Å². The molecule has 0 radical (unpaired) electrons. The topological polar surface area (TPSA) is 125 Å². The molecule has 118 valence electrons. The van der Waals surface area contributed by atoms with Crippen LogP contribution in [0.2, 0.25) is 0 Å². The maximum atomic E-state index is 12.3. The standard InChI is InChI=1S/C13H15N3O5S/c1-3-20-13(17)9-5-4-6-10(12(9)14)16-22(18,19)11-7-21-15-8(11)2/h4-7,16H,3,14H2,1-2H3. The van der Waals surface area contributed by atoms with Crippen LogP contribution in [-0.4, -0.2) is 26.2 Å². The Morgan fingerprint density at radius 2 is 2.18 bits per heavy atom. The SMILES string of the molecule is CCOC(=O)c1cccc(NS(=O)(=O)c2conc2C)c1N. The van der Waals surface area contributed by atoms with Gasteiger partial charge in [-0.15, -0.1) is 0 Å². The quantitative estimate of drug-likeness (QED) is 0.631. The van der Waals surface area contributed by atoms with Gasteiger partial charge in [0.05, 0.1) is 23.5 Å². The molecule has 0 aliphatic heterocycles. The minimum absolute atomic E-state index is 0.0152. The summed E-state index contributed by atoms with van der Waals surface area (Å²) in [5.41, 5.74) is 6.21. The molecule has 0 saturated carbocycles. The number of ether oxygens (including phenoxy) is 1. The lowest BCUT2D eigenvalue weighted by molar-refractivity contribution is 0.0527. The summed E-state index contributed by atoms with van der Waals surface area (Å²) >= 11 is 0. The predicted molar refractivity (Wildman–Crippen MR) is 78.9 cm³/mol. The summed E-state index contributed by atoms with van der Waals surface area (Å²) in [6, 6.07) is 4.40. The number of anilines is 2. The lowest BCUT2D eigenvalue weighted by Crippen LogP contribution is -2.16. The second-order valence-corrected chi connectivity index (χ2v) is 6.01. The van der Waals surface area contributed by atoms with Crippen molar-refractivity contribution in [1.82, 2.24) is 5.16 Å². The van der Waals surface area contributed by atoms with Crippen molar-refractivity contribution < 1.29 is 22.5 Å². The van der Waals surface area contributed by atoms with E-state index in [1.807, 2.05) is 0 Å². The first-order valence-electron chi connectivity index (χ1n) is 6.36. The Bertz CT molecular complexity index is 798. The van der Waals surface area contributed by atoms with Crippen molar-refractivity contribution in [3.8, 4) is 0 Å². The molecule has 1 heterocycles. The first kappa shape index (κ1) is 15.8. The van der Waals surface area contributed by atoms with Gasteiger partial charge in [-0.3, -0.25) is 4.72 Å². The maximum absolute atomic E-state index is 12.3. The largest absolute Gasteiger partial charge is 0.462 e. The number of nitrogen functional groups attached to an aromatic ring is 1. The van der Waals surface area contributed by atoms with Crippen molar-refractivity contribution in [3.05, 3.63) is 35.7 Å². The van der Waals surface area contributed by atoms with Crippen LogP contribution in [0.1, 0.15) is 23.0 Å². The van der Waals surface area contributed by atoms with Gasteiger partial charge >= 0.3 is 5.97 Å². The number of esters is 1. The van der Waals surface area contributed by atoms with Crippen LogP contribution >= 0.6 is 0 Å². The summed E-state index contributed by atoms with van der Waals surface area (Å²) < 4.78 is 36.3. The zero-order valence-electron chi connectivity index (χ0n) is 12.0. The molecule has 0 atom stereocenters. The van der Waals surface area contributed by atoms with E-state index >= 15 is 0 Å². The number of carbonyl (C=O) groups excluding carboxylic acids is 1. The van der Waals surface area contributed by atoms with Crippen LogP contribution < -0.4 is 10.5 Å². The highest BCUT2D eigenvalue weighted by Gasteiger charge is 2.22. The number of aryl methyl sites for hydroxylation is 1. The van der Waals surface area contributed by atoms with Gasteiger partial charge in [-0.25, -0.2) is 13.2 Å². The van der Waals surface area contributed by atoms with E-state index in [1.165, 1.54) is 25.1 Å². The highest BCUT2D eigenvalue weighted by molar-refractivity contribution is 7.92.